The van der Waals surface area contributed by atoms with E-state index in [4.69, 9.17) is 0 Å². The fourth-order valence-corrected chi connectivity index (χ4v) is 2.90. The molecule has 0 heterocycles. The van der Waals surface area contributed by atoms with Crippen molar-refractivity contribution in [2.45, 2.75) is 33.4 Å². The maximum atomic E-state index is 11.8. The highest BCUT2D eigenvalue weighted by Gasteiger charge is 2.22. The molecule has 0 aliphatic rings. The van der Waals surface area contributed by atoms with Crippen molar-refractivity contribution >= 4 is 15.9 Å². The van der Waals surface area contributed by atoms with E-state index in [-0.39, 0.29) is 18.5 Å². The van der Waals surface area contributed by atoms with E-state index in [1.54, 1.807) is 13.8 Å². The average Bonchev–Trinajstić information content (AvgIpc) is 2.33. The maximum absolute atomic E-state index is 11.8. The van der Waals surface area contributed by atoms with Crippen molar-refractivity contribution in [1.82, 2.24) is 9.62 Å². The molecular weight excluding hydrogens is 276 g/mol. The Kier molecular flexibility index (Phi) is 5.71. The summed E-state index contributed by atoms with van der Waals surface area (Å²) in [6.07, 6.45) is 1.11. The van der Waals surface area contributed by atoms with Crippen LogP contribution in [0.4, 0.5) is 0 Å². The standard InChI is InChI=1S/C14H22N2O3S/c1-11(2)16(20(4,18)19)10-14(17)15-9-13-7-5-12(3)6-8-13/h5-8,11H,9-10H2,1-4H3,(H,15,17). The molecule has 0 radical (unpaired) electrons. The highest BCUT2D eigenvalue weighted by atomic mass is 32.2. The number of benzene rings is 1. The molecule has 0 aliphatic heterocycles. The maximum Gasteiger partial charge on any atom is 0.235 e. The molecule has 0 unspecified atom stereocenters. The summed E-state index contributed by atoms with van der Waals surface area (Å²) in [6, 6.07) is 7.57. The predicted molar refractivity (Wildman–Crippen MR) is 79.7 cm³/mol. The van der Waals surface area contributed by atoms with Gasteiger partial charge in [0.05, 0.1) is 12.8 Å². The molecule has 0 aromatic heterocycles. The van der Waals surface area contributed by atoms with Gasteiger partial charge >= 0.3 is 0 Å². The van der Waals surface area contributed by atoms with Gasteiger partial charge in [-0.3, -0.25) is 4.79 Å². The number of sulfonamides is 1. The second-order valence-electron chi connectivity index (χ2n) is 5.16. The highest BCUT2D eigenvalue weighted by Crippen LogP contribution is 2.05. The van der Waals surface area contributed by atoms with Crippen molar-refractivity contribution in [3.05, 3.63) is 35.4 Å². The van der Waals surface area contributed by atoms with E-state index in [9.17, 15) is 13.2 Å². The van der Waals surface area contributed by atoms with Crippen LogP contribution in [0.2, 0.25) is 0 Å². The Balaban J connectivity index is 2.57. The highest BCUT2D eigenvalue weighted by molar-refractivity contribution is 7.88. The van der Waals surface area contributed by atoms with Crippen LogP contribution in [0.3, 0.4) is 0 Å². The molecule has 1 aromatic carbocycles. The van der Waals surface area contributed by atoms with Crippen LogP contribution in [-0.2, 0) is 21.4 Å². The summed E-state index contributed by atoms with van der Waals surface area (Å²) in [5.41, 5.74) is 2.14. The summed E-state index contributed by atoms with van der Waals surface area (Å²) >= 11 is 0. The van der Waals surface area contributed by atoms with E-state index < -0.39 is 10.0 Å². The molecule has 20 heavy (non-hydrogen) atoms. The lowest BCUT2D eigenvalue weighted by molar-refractivity contribution is -0.121. The van der Waals surface area contributed by atoms with Gasteiger partial charge in [0.2, 0.25) is 15.9 Å². The van der Waals surface area contributed by atoms with Gasteiger partial charge in [-0.05, 0) is 26.3 Å². The summed E-state index contributed by atoms with van der Waals surface area (Å²) in [7, 11) is -3.38. The number of amides is 1. The van der Waals surface area contributed by atoms with E-state index in [0.717, 1.165) is 17.4 Å². The molecule has 0 spiro atoms. The zero-order valence-corrected chi connectivity index (χ0v) is 13.2. The molecule has 0 fully saturated rings. The van der Waals surface area contributed by atoms with E-state index in [1.807, 2.05) is 31.2 Å². The summed E-state index contributed by atoms with van der Waals surface area (Å²) < 4.78 is 24.3. The average molecular weight is 298 g/mol. The van der Waals surface area contributed by atoms with Crippen LogP contribution >= 0.6 is 0 Å². The van der Waals surface area contributed by atoms with Crippen LogP contribution < -0.4 is 5.32 Å². The zero-order chi connectivity index (χ0) is 15.3. The number of nitrogens with zero attached hydrogens (tertiary/aromatic N) is 1. The molecule has 0 bridgehead atoms. The van der Waals surface area contributed by atoms with Crippen LogP contribution in [0.1, 0.15) is 25.0 Å². The van der Waals surface area contributed by atoms with Crippen LogP contribution in [0.5, 0.6) is 0 Å². The van der Waals surface area contributed by atoms with Gasteiger partial charge in [0.15, 0.2) is 0 Å². The monoisotopic (exact) mass is 298 g/mol. The Bertz CT molecular complexity index is 550. The van der Waals surface area contributed by atoms with Gasteiger partial charge in [0, 0.05) is 12.6 Å². The lowest BCUT2D eigenvalue weighted by Gasteiger charge is -2.23. The van der Waals surface area contributed by atoms with E-state index in [1.165, 1.54) is 4.31 Å². The second-order valence-corrected chi connectivity index (χ2v) is 7.10. The largest absolute Gasteiger partial charge is 0.351 e. The van der Waals surface area contributed by atoms with Crippen molar-refractivity contribution in [2.75, 3.05) is 12.8 Å². The van der Waals surface area contributed by atoms with Gasteiger partial charge in [-0.25, -0.2) is 8.42 Å². The Hall–Kier alpha value is -1.40. The molecule has 112 valence electrons. The second kappa shape index (κ2) is 6.85. The number of nitrogens with one attached hydrogen (secondary N) is 1. The Morgan fingerprint density at radius 2 is 1.80 bits per heavy atom. The number of carbonyl (C=O) groups is 1. The van der Waals surface area contributed by atoms with Crippen molar-refractivity contribution in [3.8, 4) is 0 Å². The normalized spacial score (nSPS) is 11.9. The van der Waals surface area contributed by atoms with Crippen molar-refractivity contribution in [2.24, 2.45) is 0 Å². The number of rotatable bonds is 6. The molecule has 0 saturated heterocycles. The topological polar surface area (TPSA) is 66.5 Å². The summed E-state index contributed by atoms with van der Waals surface area (Å²) in [6.45, 7) is 5.73. The predicted octanol–water partition coefficient (Wildman–Crippen LogP) is 1.28. The third-order valence-electron chi connectivity index (χ3n) is 2.91. The first-order valence-electron chi connectivity index (χ1n) is 6.49. The first-order chi connectivity index (χ1) is 9.20. The minimum absolute atomic E-state index is 0.150. The van der Waals surface area contributed by atoms with Gasteiger partial charge < -0.3 is 5.32 Å². The minimum Gasteiger partial charge on any atom is -0.351 e. The van der Waals surface area contributed by atoms with Crippen molar-refractivity contribution in [1.29, 1.82) is 0 Å². The van der Waals surface area contributed by atoms with E-state index >= 15 is 0 Å². The summed E-state index contributed by atoms with van der Waals surface area (Å²) in [4.78, 5) is 11.8. The van der Waals surface area contributed by atoms with E-state index in [0.29, 0.717) is 6.54 Å². The van der Waals surface area contributed by atoms with Gasteiger partial charge in [-0.1, -0.05) is 29.8 Å². The molecule has 1 aromatic rings. The molecule has 0 atom stereocenters. The van der Waals surface area contributed by atoms with Gasteiger partial charge in [0.1, 0.15) is 0 Å². The number of aryl methyl sites for hydroxylation is 1. The van der Waals surface area contributed by atoms with Crippen molar-refractivity contribution < 1.29 is 13.2 Å². The smallest absolute Gasteiger partial charge is 0.235 e. The third-order valence-corrected chi connectivity index (χ3v) is 4.31. The summed E-state index contributed by atoms with van der Waals surface area (Å²) in [5.74, 6) is -0.301. The molecule has 1 rings (SSSR count). The summed E-state index contributed by atoms with van der Waals surface area (Å²) in [5, 5.41) is 2.73. The number of carbonyl (C=O) groups excluding carboxylic acids is 1. The minimum atomic E-state index is -3.38. The van der Waals surface area contributed by atoms with Gasteiger partial charge in [0.25, 0.3) is 0 Å². The van der Waals surface area contributed by atoms with Crippen LogP contribution in [0, 0.1) is 6.92 Å². The fraction of sp³-hybridized carbons (Fsp3) is 0.500. The molecular formula is C14H22N2O3S. The Morgan fingerprint density at radius 1 is 1.25 bits per heavy atom. The quantitative estimate of drug-likeness (QED) is 0.860. The number of hydrogen-bond donors (Lipinski definition) is 1. The van der Waals surface area contributed by atoms with Crippen LogP contribution in [0.15, 0.2) is 24.3 Å². The third kappa shape index (κ3) is 5.30. The fourth-order valence-electron chi connectivity index (χ4n) is 1.79. The van der Waals surface area contributed by atoms with Crippen LogP contribution in [-0.4, -0.2) is 37.5 Å². The SMILES string of the molecule is Cc1ccc(CNC(=O)CN(C(C)C)S(C)(=O)=O)cc1. The Morgan fingerprint density at radius 3 is 2.25 bits per heavy atom. The molecule has 0 saturated carbocycles. The van der Waals surface area contributed by atoms with E-state index in [2.05, 4.69) is 5.32 Å². The molecule has 1 amide bonds. The molecule has 0 aliphatic carbocycles. The number of hydrogen-bond acceptors (Lipinski definition) is 3. The lowest BCUT2D eigenvalue weighted by atomic mass is 10.1. The molecule has 5 nitrogen and oxygen atoms in total. The van der Waals surface area contributed by atoms with Crippen LogP contribution in [0.25, 0.3) is 0 Å². The van der Waals surface area contributed by atoms with Gasteiger partial charge in [-0.2, -0.15) is 4.31 Å². The molecule has 6 heteroatoms. The first kappa shape index (κ1) is 16.7. The molecule has 1 N–H and O–H groups in total. The zero-order valence-electron chi connectivity index (χ0n) is 12.4. The lowest BCUT2D eigenvalue weighted by Crippen LogP contribution is -2.43. The first-order valence-corrected chi connectivity index (χ1v) is 8.34. The Labute approximate surface area is 121 Å². The van der Waals surface area contributed by atoms with Crippen molar-refractivity contribution in [3.63, 3.8) is 0 Å². The van der Waals surface area contributed by atoms with Gasteiger partial charge in [-0.15, -0.1) is 0 Å².